The Morgan fingerprint density at radius 3 is 2.56 bits per heavy atom. The first-order chi connectivity index (χ1) is 15.3. The van der Waals surface area contributed by atoms with Crippen LogP contribution in [0.25, 0.3) is 0 Å². The third-order valence-electron chi connectivity index (χ3n) is 6.62. The topological polar surface area (TPSA) is 113 Å². The van der Waals surface area contributed by atoms with Gasteiger partial charge in [0.2, 0.25) is 5.91 Å². The number of urea groups is 1. The van der Waals surface area contributed by atoms with E-state index >= 15 is 0 Å². The third-order valence-corrected chi connectivity index (χ3v) is 6.87. The molecule has 0 radical (unpaired) electrons. The fourth-order valence-electron chi connectivity index (χ4n) is 5.19. The van der Waals surface area contributed by atoms with Crippen molar-refractivity contribution in [2.45, 2.75) is 31.7 Å². The van der Waals surface area contributed by atoms with Gasteiger partial charge in [-0.2, -0.15) is 0 Å². The molecule has 10 heteroatoms. The number of hydrogen-bond donors (Lipinski definition) is 1. The van der Waals surface area contributed by atoms with E-state index in [1.165, 1.54) is 12.1 Å². The van der Waals surface area contributed by atoms with Crippen LogP contribution in [-0.2, 0) is 16.0 Å². The quantitative estimate of drug-likeness (QED) is 0.422. The number of anilines is 2. The molecule has 5 rings (SSSR count). The van der Waals surface area contributed by atoms with Crippen molar-refractivity contribution < 1.29 is 19.3 Å². The smallest absolute Gasteiger partial charge is 0.335 e. The number of barbiturate groups is 1. The number of carbonyl (C=O) groups excluding carboxylic acids is 3. The molecule has 2 fully saturated rings. The highest BCUT2D eigenvalue weighted by molar-refractivity contribution is 6.32. The number of hydrogen-bond acceptors (Lipinski definition) is 6. The summed E-state index contributed by atoms with van der Waals surface area (Å²) in [7, 11) is 0. The first-order valence-electron chi connectivity index (χ1n) is 10.3. The number of nitrogens with zero attached hydrogens (tertiary/aromatic N) is 3. The second-order valence-electron chi connectivity index (χ2n) is 8.30. The molecular weight excluding hydrogens is 436 g/mol. The molecule has 2 aromatic rings. The van der Waals surface area contributed by atoms with Gasteiger partial charge in [0.1, 0.15) is 0 Å². The molecule has 1 spiro atoms. The molecule has 4 amide bonds. The van der Waals surface area contributed by atoms with Crippen LogP contribution < -0.4 is 15.1 Å². The Balaban J connectivity index is 1.66. The zero-order chi connectivity index (χ0) is 22.6. The fraction of sp³-hybridized carbons (Fsp3) is 0.318. The van der Waals surface area contributed by atoms with E-state index < -0.39 is 34.2 Å². The average molecular weight is 455 g/mol. The van der Waals surface area contributed by atoms with Gasteiger partial charge in [0, 0.05) is 35.8 Å². The summed E-state index contributed by atoms with van der Waals surface area (Å²) in [6.07, 6.45) is 2.28. The molecule has 164 valence electrons. The summed E-state index contributed by atoms with van der Waals surface area (Å²) in [6.45, 7) is 0.618. The molecule has 9 nitrogen and oxygen atoms in total. The molecule has 2 saturated heterocycles. The number of carbonyl (C=O) groups is 3. The van der Waals surface area contributed by atoms with Crippen LogP contribution in [0, 0.1) is 15.5 Å². The zero-order valence-electron chi connectivity index (χ0n) is 16.9. The first-order valence-corrected chi connectivity index (χ1v) is 10.7. The summed E-state index contributed by atoms with van der Waals surface area (Å²) in [5, 5.41) is 14.2. The number of halogens is 1. The predicted octanol–water partition coefficient (Wildman–Crippen LogP) is 3.43. The van der Waals surface area contributed by atoms with Crippen LogP contribution in [0.1, 0.15) is 24.8 Å². The van der Waals surface area contributed by atoms with E-state index in [2.05, 4.69) is 5.32 Å². The molecule has 32 heavy (non-hydrogen) atoms. The molecule has 0 bridgehead atoms. The Kier molecular flexibility index (Phi) is 4.67. The second-order valence-corrected chi connectivity index (χ2v) is 8.74. The van der Waals surface area contributed by atoms with Crippen molar-refractivity contribution in [2.24, 2.45) is 5.41 Å². The largest absolute Gasteiger partial charge is 0.367 e. The zero-order valence-corrected chi connectivity index (χ0v) is 17.7. The minimum absolute atomic E-state index is 0.0206. The molecule has 2 atom stereocenters. The number of nitrogens with one attached hydrogen (secondary N) is 1. The van der Waals surface area contributed by atoms with E-state index in [-0.39, 0.29) is 12.1 Å². The Bertz CT molecular complexity index is 1170. The number of piperidine rings is 1. The van der Waals surface area contributed by atoms with Crippen LogP contribution in [0.5, 0.6) is 0 Å². The first kappa shape index (κ1) is 20.4. The minimum atomic E-state index is -1.57. The minimum Gasteiger partial charge on any atom is -0.367 e. The van der Waals surface area contributed by atoms with Crippen molar-refractivity contribution in [3.8, 4) is 0 Å². The third kappa shape index (κ3) is 2.88. The molecule has 3 heterocycles. The molecule has 0 saturated carbocycles. The lowest BCUT2D eigenvalue weighted by molar-refractivity contribution is -0.384. The van der Waals surface area contributed by atoms with Crippen molar-refractivity contribution in [2.75, 3.05) is 16.3 Å². The van der Waals surface area contributed by atoms with Crippen LogP contribution in [0.4, 0.5) is 21.9 Å². The fourth-order valence-corrected chi connectivity index (χ4v) is 5.31. The maximum Gasteiger partial charge on any atom is 0.335 e. The molecular formula is C22H19ClN4O5. The number of imide groups is 2. The van der Waals surface area contributed by atoms with Gasteiger partial charge in [0.25, 0.3) is 11.6 Å². The number of fused-ring (bicyclic) bond motifs is 4. The number of nitro benzene ring substituents is 1. The van der Waals surface area contributed by atoms with E-state index in [1.54, 1.807) is 30.3 Å². The SMILES string of the molecule is O=C1NC(=O)C2(Cc3cc([N+](=O)[O-])ccc3N3CCCCC32)C(=O)N1c1ccc(Cl)cc1. The monoisotopic (exact) mass is 454 g/mol. The van der Waals surface area contributed by atoms with Crippen molar-refractivity contribution in [3.05, 3.63) is 63.2 Å². The van der Waals surface area contributed by atoms with Gasteiger partial charge in [-0.25, -0.2) is 9.69 Å². The summed E-state index contributed by atoms with van der Waals surface area (Å²) >= 11 is 5.96. The number of nitro groups is 1. The van der Waals surface area contributed by atoms with Gasteiger partial charge in [-0.15, -0.1) is 0 Å². The molecule has 3 aliphatic heterocycles. The maximum absolute atomic E-state index is 13.9. The van der Waals surface area contributed by atoms with Gasteiger partial charge in [-0.1, -0.05) is 11.6 Å². The van der Waals surface area contributed by atoms with Crippen molar-refractivity contribution in [1.82, 2.24) is 5.32 Å². The van der Waals surface area contributed by atoms with E-state index in [9.17, 15) is 24.5 Å². The van der Waals surface area contributed by atoms with Crippen LogP contribution in [0.3, 0.4) is 0 Å². The normalized spacial score (nSPS) is 24.8. The maximum atomic E-state index is 13.9. The second kappa shape index (κ2) is 7.30. The molecule has 1 N–H and O–H groups in total. The van der Waals surface area contributed by atoms with Gasteiger partial charge in [-0.05, 0) is 55.2 Å². The molecule has 0 aromatic heterocycles. The van der Waals surface area contributed by atoms with Crippen LogP contribution >= 0.6 is 11.6 Å². The number of amides is 4. The number of benzene rings is 2. The summed E-state index contributed by atoms with van der Waals surface area (Å²) in [4.78, 5) is 53.8. The van der Waals surface area contributed by atoms with E-state index in [0.717, 1.165) is 23.4 Å². The lowest BCUT2D eigenvalue weighted by Crippen LogP contribution is -2.72. The average Bonchev–Trinajstić information content (AvgIpc) is 2.78. The van der Waals surface area contributed by atoms with Crippen molar-refractivity contribution in [3.63, 3.8) is 0 Å². The number of non-ortho nitro benzene ring substituents is 1. The molecule has 3 aliphatic rings. The Morgan fingerprint density at radius 2 is 1.84 bits per heavy atom. The van der Waals surface area contributed by atoms with Crippen molar-refractivity contribution in [1.29, 1.82) is 0 Å². The highest BCUT2D eigenvalue weighted by Crippen LogP contribution is 2.48. The Labute approximate surface area is 188 Å². The highest BCUT2D eigenvalue weighted by Gasteiger charge is 2.62. The summed E-state index contributed by atoms with van der Waals surface area (Å²) in [6, 6.07) is 9.49. The highest BCUT2D eigenvalue weighted by atomic mass is 35.5. The Hall–Kier alpha value is -3.46. The standard InChI is InChI=1S/C22H19ClN4O5/c23-14-4-6-15(7-5-14)26-20(29)22(19(28)24-21(26)30)12-13-11-16(27(31)32)8-9-17(13)25-10-2-1-3-18(22)25/h4-9,11,18H,1-3,10,12H2,(H,24,28,30). The predicted molar refractivity (Wildman–Crippen MR) is 117 cm³/mol. The number of rotatable bonds is 2. The van der Waals surface area contributed by atoms with Gasteiger partial charge >= 0.3 is 6.03 Å². The van der Waals surface area contributed by atoms with Crippen molar-refractivity contribution >= 4 is 46.5 Å². The summed E-state index contributed by atoms with van der Waals surface area (Å²) in [5.74, 6) is -1.28. The van der Waals surface area contributed by atoms with Crippen LogP contribution in [-0.4, -0.2) is 35.4 Å². The van der Waals surface area contributed by atoms with E-state index in [1.807, 2.05) is 4.90 Å². The van der Waals surface area contributed by atoms with E-state index in [4.69, 9.17) is 11.6 Å². The van der Waals surface area contributed by atoms with E-state index in [0.29, 0.717) is 29.2 Å². The van der Waals surface area contributed by atoms with Gasteiger partial charge in [0.15, 0.2) is 5.41 Å². The summed E-state index contributed by atoms with van der Waals surface area (Å²) in [5.41, 5.74) is -0.0386. The lowest BCUT2D eigenvalue weighted by atomic mass is 9.66. The molecule has 0 aliphatic carbocycles. The van der Waals surface area contributed by atoms with Gasteiger partial charge in [-0.3, -0.25) is 25.0 Å². The summed E-state index contributed by atoms with van der Waals surface area (Å²) < 4.78 is 0. The van der Waals surface area contributed by atoms with Gasteiger partial charge < -0.3 is 4.90 Å². The van der Waals surface area contributed by atoms with Crippen LogP contribution in [0.2, 0.25) is 5.02 Å². The van der Waals surface area contributed by atoms with Crippen LogP contribution in [0.15, 0.2) is 42.5 Å². The van der Waals surface area contributed by atoms with Gasteiger partial charge in [0.05, 0.1) is 16.7 Å². The Morgan fingerprint density at radius 1 is 1.09 bits per heavy atom. The molecule has 2 aromatic carbocycles. The lowest BCUT2D eigenvalue weighted by Gasteiger charge is -2.53. The molecule has 2 unspecified atom stereocenters.